The summed E-state index contributed by atoms with van der Waals surface area (Å²) in [4.78, 5) is 11.2. The van der Waals surface area contributed by atoms with Crippen molar-refractivity contribution in [1.82, 2.24) is 0 Å². The van der Waals surface area contributed by atoms with Gasteiger partial charge in [-0.25, -0.2) is 8.42 Å². The first kappa shape index (κ1) is 15.2. The molecule has 0 N–H and O–H groups in total. The lowest BCUT2D eigenvalue weighted by molar-refractivity contribution is -0.144. The average Bonchev–Trinajstić information content (AvgIpc) is 2.37. The fourth-order valence-corrected chi connectivity index (χ4v) is 3.35. The summed E-state index contributed by atoms with van der Waals surface area (Å²) >= 11 is 0. The summed E-state index contributed by atoms with van der Waals surface area (Å²) in [5.74, 6) is -1.63. The fraction of sp³-hybridized carbons (Fsp3) is 0.385. The van der Waals surface area contributed by atoms with Crippen molar-refractivity contribution in [2.24, 2.45) is 5.92 Å². The number of esters is 1. The van der Waals surface area contributed by atoms with Crippen LogP contribution < -0.4 is 0 Å². The monoisotopic (exact) mass is 281 g/mol. The zero-order chi connectivity index (χ0) is 14.5. The van der Waals surface area contributed by atoms with Crippen LogP contribution in [0.2, 0.25) is 0 Å². The van der Waals surface area contributed by atoms with E-state index in [1.807, 2.05) is 6.07 Å². The lowest BCUT2D eigenvalue weighted by atomic mass is 10.2. The van der Waals surface area contributed by atoms with Gasteiger partial charge in [-0.05, 0) is 17.7 Å². The molecular formula is C13H15NO4S. The molecule has 0 heterocycles. The van der Waals surface area contributed by atoms with E-state index in [1.165, 1.54) is 14.0 Å². The molecule has 19 heavy (non-hydrogen) atoms. The predicted molar refractivity (Wildman–Crippen MR) is 69.8 cm³/mol. The Hall–Kier alpha value is -1.87. The molecule has 1 aromatic rings. The Bertz CT molecular complexity index is 584. The highest BCUT2D eigenvalue weighted by atomic mass is 32.2. The van der Waals surface area contributed by atoms with E-state index in [0.717, 1.165) is 0 Å². The molecule has 0 aliphatic carbocycles. The first-order chi connectivity index (χ1) is 8.88. The fourth-order valence-electron chi connectivity index (χ4n) is 1.64. The van der Waals surface area contributed by atoms with Crippen LogP contribution in [-0.2, 0) is 25.1 Å². The molecule has 1 aromatic carbocycles. The number of hydrogen-bond acceptors (Lipinski definition) is 5. The second-order valence-electron chi connectivity index (χ2n) is 4.29. The third kappa shape index (κ3) is 4.72. The zero-order valence-electron chi connectivity index (χ0n) is 10.8. The van der Waals surface area contributed by atoms with E-state index < -0.39 is 21.7 Å². The van der Waals surface area contributed by atoms with Crippen LogP contribution in [0.25, 0.3) is 0 Å². The molecule has 0 spiro atoms. The molecule has 0 aliphatic rings. The molecule has 0 saturated carbocycles. The Kier molecular flexibility index (Phi) is 5.07. The lowest BCUT2D eigenvalue weighted by Gasteiger charge is -2.10. The van der Waals surface area contributed by atoms with Crippen molar-refractivity contribution >= 4 is 15.8 Å². The second kappa shape index (κ2) is 6.34. The molecule has 1 atom stereocenters. The number of carbonyl (C=O) groups excluding carboxylic acids is 1. The number of ether oxygens (including phenoxy) is 1. The number of hydrogen-bond donors (Lipinski definition) is 0. The number of sulfone groups is 1. The molecule has 0 bridgehead atoms. The maximum Gasteiger partial charge on any atom is 0.309 e. The minimum Gasteiger partial charge on any atom is -0.469 e. The Balaban J connectivity index is 2.74. The number of rotatable bonds is 5. The van der Waals surface area contributed by atoms with Crippen molar-refractivity contribution in [2.45, 2.75) is 12.7 Å². The number of methoxy groups -OCH3 is 1. The Morgan fingerprint density at radius 1 is 1.37 bits per heavy atom. The predicted octanol–water partition coefficient (Wildman–Crippen LogP) is 1.28. The molecule has 0 radical (unpaired) electrons. The number of nitriles is 1. The molecule has 6 heteroatoms. The first-order valence-electron chi connectivity index (χ1n) is 5.65. The highest BCUT2D eigenvalue weighted by Gasteiger charge is 2.22. The smallest absolute Gasteiger partial charge is 0.309 e. The third-order valence-electron chi connectivity index (χ3n) is 2.58. The van der Waals surface area contributed by atoms with E-state index in [0.29, 0.717) is 11.1 Å². The molecule has 0 amide bonds. The van der Waals surface area contributed by atoms with E-state index in [9.17, 15) is 13.2 Å². The zero-order valence-corrected chi connectivity index (χ0v) is 11.6. The van der Waals surface area contributed by atoms with Gasteiger partial charge in [0.25, 0.3) is 0 Å². The summed E-state index contributed by atoms with van der Waals surface area (Å²) in [6.45, 7) is 1.52. The summed E-state index contributed by atoms with van der Waals surface area (Å²) in [6, 6.07) is 8.28. The first-order valence-corrected chi connectivity index (χ1v) is 7.47. The lowest BCUT2D eigenvalue weighted by Crippen LogP contribution is -2.23. The van der Waals surface area contributed by atoms with Crippen molar-refractivity contribution in [2.75, 3.05) is 12.9 Å². The van der Waals surface area contributed by atoms with E-state index in [1.54, 1.807) is 24.3 Å². The quantitative estimate of drug-likeness (QED) is 0.759. The molecule has 0 aromatic heterocycles. The second-order valence-corrected chi connectivity index (χ2v) is 6.40. The van der Waals surface area contributed by atoms with Crippen molar-refractivity contribution < 1.29 is 17.9 Å². The molecule has 1 unspecified atom stereocenters. The minimum atomic E-state index is -3.39. The van der Waals surface area contributed by atoms with Crippen molar-refractivity contribution in [3.05, 3.63) is 35.4 Å². The van der Waals surface area contributed by atoms with E-state index in [4.69, 9.17) is 5.26 Å². The Morgan fingerprint density at radius 2 is 1.95 bits per heavy atom. The van der Waals surface area contributed by atoms with Gasteiger partial charge in [0.15, 0.2) is 9.84 Å². The van der Waals surface area contributed by atoms with Crippen LogP contribution in [0.5, 0.6) is 0 Å². The van der Waals surface area contributed by atoms with Crippen LogP contribution in [0.15, 0.2) is 24.3 Å². The summed E-state index contributed by atoms with van der Waals surface area (Å²) in [5.41, 5.74) is 1.07. The molecular weight excluding hydrogens is 266 g/mol. The van der Waals surface area contributed by atoms with Gasteiger partial charge in [0, 0.05) is 0 Å². The molecule has 5 nitrogen and oxygen atoms in total. The molecule has 0 fully saturated rings. The Labute approximate surface area is 112 Å². The van der Waals surface area contributed by atoms with Crippen LogP contribution in [0.4, 0.5) is 0 Å². The van der Waals surface area contributed by atoms with Crippen molar-refractivity contribution in [3.8, 4) is 6.07 Å². The van der Waals surface area contributed by atoms with Gasteiger partial charge in [-0.1, -0.05) is 19.1 Å². The van der Waals surface area contributed by atoms with Gasteiger partial charge in [-0.2, -0.15) is 5.26 Å². The summed E-state index contributed by atoms with van der Waals surface area (Å²) < 4.78 is 28.3. The number of benzene rings is 1. The van der Waals surface area contributed by atoms with E-state index in [2.05, 4.69) is 4.74 Å². The topological polar surface area (TPSA) is 84.2 Å². The van der Waals surface area contributed by atoms with Gasteiger partial charge < -0.3 is 4.74 Å². The molecule has 102 valence electrons. The van der Waals surface area contributed by atoms with Gasteiger partial charge >= 0.3 is 5.97 Å². The van der Waals surface area contributed by atoms with Gasteiger partial charge in [-0.3, -0.25) is 4.79 Å². The van der Waals surface area contributed by atoms with E-state index >= 15 is 0 Å². The van der Waals surface area contributed by atoms with Crippen molar-refractivity contribution in [3.63, 3.8) is 0 Å². The standard InChI is InChI=1S/C13H15NO4S/c1-10(13(15)18-2)8-19(16,17)9-12-5-3-11(7-14)4-6-12/h3-6,10H,8-9H2,1-2H3. The number of carbonyl (C=O) groups is 1. The molecule has 0 aliphatic heterocycles. The number of nitrogens with zero attached hydrogens (tertiary/aromatic N) is 1. The molecule has 0 saturated heterocycles. The Morgan fingerprint density at radius 3 is 2.42 bits per heavy atom. The largest absolute Gasteiger partial charge is 0.469 e. The normalized spacial score (nSPS) is 12.5. The maximum absolute atomic E-state index is 11.9. The van der Waals surface area contributed by atoms with Crippen LogP contribution in [-0.4, -0.2) is 27.2 Å². The maximum atomic E-state index is 11.9. The van der Waals surface area contributed by atoms with Crippen molar-refractivity contribution in [1.29, 1.82) is 5.26 Å². The summed E-state index contributed by atoms with van der Waals surface area (Å²) in [5, 5.41) is 8.65. The minimum absolute atomic E-state index is 0.153. The van der Waals surface area contributed by atoms with Crippen LogP contribution in [0, 0.1) is 17.2 Å². The average molecular weight is 281 g/mol. The van der Waals surface area contributed by atoms with Gasteiger partial charge in [0.1, 0.15) is 0 Å². The highest BCUT2D eigenvalue weighted by molar-refractivity contribution is 7.90. The highest BCUT2D eigenvalue weighted by Crippen LogP contribution is 2.12. The third-order valence-corrected chi connectivity index (χ3v) is 4.36. The van der Waals surface area contributed by atoms with E-state index in [-0.39, 0.29) is 11.5 Å². The van der Waals surface area contributed by atoms with Gasteiger partial charge in [0.2, 0.25) is 0 Å². The SMILES string of the molecule is COC(=O)C(C)CS(=O)(=O)Cc1ccc(C#N)cc1. The van der Waals surface area contributed by atoms with Gasteiger partial charge in [-0.15, -0.1) is 0 Å². The van der Waals surface area contributed by atoms with Crippen LogP contribution in [0.1, 0.15) is 18.1 Å². The summed E-state index contributed by atoms with van der Waals surface area (Å²) in [6.07, 6.45) is 0. The van der Waals surface area contributed by atoms with Crippen LogP contribution >= 0.6 is 0 Å². The molecule has 1 rings (SSSR count). The summed E-state index contributed by atoms with van der Waals surface area (Å²) in [7, 11) is -2.16. The van der Waals surface area contributed by atoms with Crippen LogP contribution in [0.3, 0.4) is 0 Å². The van der Waals surface area contributed by atoms with Gasteiger partial charge in [0.05, 0.1) is 36.2 Å².